The second-order valence-electron chi connectivity index (χ2n) is 8.74. The summed E-state index contributed by atoms with van der Waals surface area (Å²) in [6.45, 7) is 0. The molecule has 3 amide bonds. The van der Waals surface area contributed by atoms with Crippen LogP contribution in [0.2, 0.25) is 0 Å². The third-order valence-electron chi connectivity index (χ3n) is 5.91. The Bertz CT molecular complexity index is 1720. The van der Waals surface area contributed by atoms with Crippen LogP contribution in [0.3, 0.4) is 0 Å². The molecular weight excluding hydrogens is 523 g/mol. The minimum atomic E-state index is -1.04. The largest absolute Gasteiger partial charge is 0.329 e. The van der Waals surface area contributed by atoms with Crippen LogP contribution >= 0.6 is 0 Å². The molecular formula is C31H23FN6O3. The molecule has 5 aromatic rings. The molecule has 0 atom stereocenters. The van der Waals surface area contributed by atoms with Crippen molar-refractivity contribution in [3.8, 4) is 16.9 Å². The second kappa shape index (κ2) is 12.3. The summed E-state index contributed by atoms with van der Waals surface area (Å²) in [5.41, 5.74) is 5.56. The molecule has 0 fully saturated rings. The lowest BCUT2D eigenvalue weighted by atomic mass is 10.1. The molecule has 1 aromatic heterocycles. The molecule has 0 unspecified atom stereocenters. The number of halogens is 1. The van der Waals surface area contributed by atoms with Crippen LogP contribution in [0.5, 0.6) is 0 Å². The number of carbonyl (C=O) groups is 3. The number of para-hydroxylation sites is 3. The summed E-state index contributed by atoms with van der Waals surface area (Å²) in [5, 5.41) is 13.7. The second-order valence-corrected chi connectivity index (χ2v) is 8.74. The Morgan fingerprint density at radius 1 is 0.756 bits per heavy atom. The van der Waals surface area contributed by atoms with Gasteiger partial charge >= 0.3 is 11.8 Å². The summed E-state index contributed by atoms with van der Waals surface area (Å²) in [6.07, 6.45) is 3.04. The first-order chi connectivity index (χ1) is 20.0. The van der Waals surface area contributed by atoms with Crippen molar-refractivity contribution in [2.45, 2.75) is 0 Å². The number of hydrazone groups is 1. The molecule has 1 heterocycles. The highest BCUT2D eigenvalue weighted by Gasteiger charge is 2.18. The fourth-order valence-electron chi connectivity index (χ4n) is 3.93. The average Bonchev–Trinajstić information content (AvgIpc) is 3.43. The van der Waals surface area contributed by atoms with Gasteiger partial charge in [0, 0.05) is 23.0 Å². The summed E-state index contributed by atoms with van der Waals surface area (Å²) in [7, 11) is 0. The zero-order chi connectivity index (χ0) is 28.6. The van der Waals surface area contributed by atoms with Gasteiger partial charge in [0.2, 0.25) is 0 Å². The lowest BCUT2D eigenvalue weighted by molar-refractivity contribution is -0.136. The molecule has 0 aliphatic heterocycles. The van der Waals surface area contributed by atoms with Crippen LogP contribution in [0, 0.1) is 5.82 Å². The lowest BCUT2D eigenvalue weighted by Crippen LogP contribution is -2.33. The van der Waals surface area contributed by atoms with Gasteiger partial charge in [0.15, 0.2) is 0 Å². The summed E-state index contributed by atoms with van der Waals surface area (Å²) >= 11 is 0. The number of nitrogens with zero attached hydrogens (tertiary/aromatic N) is 3. The standard InChI is InChI=1S/C31H23FN6O3/c32-23-17-15-21(16-18-23)28-22(20-38(37-28)25-11-5-2-6-12-25)19-33-36-31(41)30(40)35-27-14-8-7-13-26(27)29(39)34-24-9-3-1-4-10-24/h1-20H,(H,34,39)(H,35,40)(H,36,41)/b33-19-. The zero-order valence-electron chi connectivity index (χ0n) is 21.5. The number of hydrogen-bond donors (Lipinski definition) is 3. The molecule has 0 aliphatic carbocycles. The van der Waals surface area contributed by atoms with Gasteiger partial charge in [-0.1, -0.05) is 48.5 Å². The number of hydrogen-bond acceptors (Lipinski definition) is 5. The maximum absolute atomic E-state index is 13.5. The molecule has 0 spiro atoms. The van der Waals surface area contributed by atoms with Crippen LogP contribution in [0.15, 0.2) is 120 Å². The average molecular weight is 547 g/mol. The van der Waals surface area contributed by atoms with E-state index in [0.29, 0.717) is 22.5 Å². The molecule has 0 bridgehead atoms. The van der Waals surface area contributed by atoms with Crippen LogP contribution in [-0.2, 0) is 9.59 Å². The predicted molar refractivity (Wildman–Crippen MR) is 154 cm³/mol. The van der Waals surface area contributed by atoms with Gasteiger partial charge in [0.05, 0.1) is 23.2 Å². The first kappa shape index (κ1) is 26.7. The van der Waals surface area contributed by atoms with Gasteiger partial charge in [-0.2, -0.15) is 10.2 Å². The number of nitrogens with one attached hydrogen (secondary N) is 3. The number of anilines is 2. The van der Waals surface area contributed by atoms with Crippen molar-refractivity contribution < 1.29 is 18.8 Å². The van der Waals surface area contributed by atoms with Crippen LogP contribution in [-0.4, -0.2) is 33.7 Å². The predicted octanol–water partition coefficient (Wildman–Crippen LogP) is 5.02. The van der Waals surface area contributed by atoms with E-state index in [0.717, 1.165) is 5.69 Å². The third kappa shape index (κ3) is 6.58. The summed E-state index contributed by atoms with van der Waals surface area (Å²) in [4.78, 5) is 37.9. The van der Waals surface area contributed by atoms with E-state index >= 15 is 0 Å². The van der Waals surface area contributed by atoms with E-state index in [1.54, 1.807) is 59.4 Å². The maximum Gasteiger partial charge on any atom is 0.329 e. The van der Waals surface area contributed by atoms with Crippen molar-refractivity contribution in [2.75, 3.05) is 10.6 Å². The van der Waals surface area contributed by atoms with Gasteiger partial charge in [-0.15, -0.1) is 0 Å². The van der Waals surface area contributed by atoms with Crippen molar-refractivity contribution in [2.24, 2.45) is 5.10 Å². The fraction of sp³-hybridized carbons (Fsp3) is 0. The molecule has 5 rings (SSSR count). The van der Waals surface area contributed by atoms with Crippen LogP contribution in [0.4, 0.5) is 15.8 Å². The molecule has 4 aromatic carbocycles. The van der Waals surface area contributed by atoms with Gasteiger partial charge in [0.1, 0.15) is 11.5 Å². The summed E-state index contributed by atoms with van der Waals surface area (Å²) in [6, 6.07) is 30.3. The molecule has 0 radical (unpaired) electrons. The Morgan fingerprint density at radius 3 is 2.15 bits per heavy atom. The molecule has 0 aliphatic rings. The number of carbonyl (C=O) groups excluding carboxylic acids is 3. The van der Waals surface area contributed by atoms with Crippen molar-refractivity contribution in [3.63, 3.8) is 0 Å². The summed E-state index contributed by atoms with van der Waals surface area (Å²) in [5.74, 6) is -2.89. The van der Waals surface area contributed by atoms with Crippen LogP contribution in [0.25, 0.3) is 16.9 Å². The Labute approximate surface area is 234 Å². The quantitative estimate of drug-likeness (QED) is 0.151. The Hall–Kier alpha value is -5.90. The smallest absolute Gasteiger partial charge is 0.322 e. The molecule has 0 saturated carbocycles. The van der Waals surface area contributed by atoms with Crippen molar-refractivity contribution in [1.29, 1.82) is 0 Å². The molecule has 202 valence electrons. The van der Waals surface area contributed by atoms with E-state index in [1.807, 2.05) is 36.4 Å². The van der Waals surface area contributed by atoms with E-state index in [1.165, 1.54) is 30.5 Å². The van der Waals surface area contributed by atoms with Gasteiger partial charge < -0.3 is 10.6 Å². The Morgan fingerprint density at radius 2 is 1.41 bits per heavy atom. The van der Waals surface area contributed by atoms with Crippen molar-refractivity contribution in [3.05, 3.63) is 132 Å². The van der Waals surface area contributed by atoms with E-state index < -0.39 is 17.7 Å². The van der Waals surface area contributed by atoms with Crippen molar-refractivity contribution in [1.82, 2.24) is 15.2 Å². The first-order valence-corrected chi connectivity index (χ1v) is 12.5. The lowest BCUT2D eigenvalue weighted by Gasteiger charge is -2.11. The molecule has 41 heavy (non-hydrogen) atoms. The maximum atomic E-state index is 13.5. The number of benzene rings is 4. The van der Waals surface area contributed by atoms with Crippen molar-refractivity contribution >= 4 is 35.3 Å². The summed E-state index contributed by atoms with van der Waals surface area (Å²) < 4.78 is 15.1. The molecule has 0 saturated heterocycles. The minimum absolute atomic E-state index is 0.160. The number of amides is 3. The Balaban J connectivity index is 1.30. The third-order valence-corrected chi connectivity index (χ3v) is 5.91. The normalized spacial score (nSPS) is 10.8. The van der Waals surface area contributed by atoms with Gasteiger partial charge in [-0.3, -0.25) is 14.4 Å². The zero-order valence-corrected chi connectivity index (χ0v) is 21.5. The molecule has 3 N–H and O–H groups in total. The van der Waals surface area contributed by atoms with Crippen LogP contribution in [0.1, 0.15) is 15.9 Å². The van der Waals surface area contributed by atoms with E-state index in [9.17, 15) is 18.8 Å². The number of rotatable bonds is 7. The monoisotopic (exact) mass is 546 g/mol. The Kier molecular flexibility index (Phi) is 8.01. The highest BCUT2D eigenvalue weighted by atomic mass is 19.1. The fourth-order valence-corrected chi connectivity index (χ4v) is 3.93. The highest BCUT2D eigenvalue weighted by Crippen LogP contribution is 2.23. The SMILES string of the molecule is O=C(N/N=C\c1cn(-c2ccccc2)nc1-c1ccc(F)cc1)C(=O)Nc1ccccc1C(=O)Nc1ccccc1. The van der Waals surface area contributed by atoms with Gasteiger partial charge in [-0.25, -0.2) is 14.5 Å². The molecule has 10 heteroatoms. The van der Waals surface area contributed by atoms with E-state index in [2.05, 4.69) is 26.3 Å². The topological polar surface area (TPSA) is 117 Å². The highest BCUT2D eigenvalue weighted by molar-refractivity contribution is 6.40. The minimum Gasteiger partial charge on any atom is -0.322 e. The molecule has 9 nitrogen and oxygen atoms in total. The van der Waals surface area contributed by atoms with Gasteiger partial charge in [0.25, 0.3) is 5.91 Å². The van der Waals surface area contributed by atoms with E-state index in [4.69, 9.17) is 0 Å². The first-order valence-electron chi connectivity index (χ1n) is 12.5. The van der Waals surface area contributed by atoms with Gasteiger partial charge in [-0.05, 0) is 60.7 Å². The van der Waals surface area contributed by atoms with Crippen LogP contribution < -0.4 is 16.1 Å². The number of aromatic nitrogens is 2. The van der Waals surface area contributed by atoms with E-state index in [-0.39, 0.29) is 17.1 Å².